The Labute approximate surface area is 106 Å². The van der Waals surface area contributed by atoms with Crippen LogP contribution in [0.3, 0.4) is 0 Å². The van der Waals surface area contributed by atoms with E-state index in [-0.39, 0.29) is 0 Å². The predicted octanol–water partition coefficient (Wildman–Crippen LogP) is 3.26. The molecule has 2 heteroatoms. The van der Waals surface area contributed by atoms with Gasteiger partial charge in [-0.3, -0.25) is 9.69 Å². The largest absolute Gasteiger partial charge is 0.298 e. The quantitative estimate of drug-likeness (QED) is 0.706. The number of carbonyl (C=O) groups excluding carboxylic acids is 1. The van der Waals surface area contributed by atoms with Crippen LogP contribution in [0.4, 0.5) is 0 Å². The highest BCUT2D eigenvalue weighted by molar-refractivity contribution is 5.83. The van der Waals surface area contributed by atoms with Crippen molar-refractivity contribution in [2.75, 3.05) is 19.6 Å². The Hall–Kier alpha value is -0.370. The van der Waals surface area contributed by atoms with Gasteiger partial charge in [0.1, 0.15) is 5.78 Å². The molecular formula is C15H27NO. The monoisotopic (exact) mass is 237 g/mol. The summed E-state index contributed by atoms with van der Waals surface area (Å²) in [5.74, 6) is 1.79. The van der Waals surface area contributed by atoms with Gasteiger partial charge in [-0.05, 0) is 38.1 Å². The van der Waals surface area contributed by atoms with E-state index in [1.165, 1.54) is 38.5 Å². The zero-order valence-electron chi connectivity index (χ0n) is 11.3. The summed E-state index contributed by atoms with van der Waals surface area (Å²) in [7, 11) is 0. The van der Waals surface area contributed by atoms with Gasteiger partial charge < -0.3 is 0 Å². The molecule has 0 aromatic carbocycles. The smallest absolute Gasteiger partial charge is 0.149 e. The van der Waals surface area contributed by atoms with Crippen LogP contribution in [-0.2, 0) is 4.79 Å². The number of Topliss-reactive ketones (excluding diaryl/α,β-unsaturated/α-hetero) is 1. The Bertz CT molecular complexity index is 241. The van der Waals surface area contributed by atoms with Gasteiger partial charge in [0.05, 0.1) is 6.54 Å². The number of rotatable bonds is 6. The van der Waals surface area contributed by atoms with Crippen molar-refractivity contribution in [3.63, 3.8) is 0 Å². The summed E-state index contributed by atoms with van der Waals surface area (Å²) in [6.45, 7) is 5.11. The Balaban J connectivity index is 1.73. The van der Waals surface area contributed by atoms with Gasteiger partial charge in [-0.25, -0.2) is 0 Å². The van der Waals surface area contributed by atoms with Crippen molar-refractivity contribution in [2.45, 2.75) is 58.3 Å². The summed E-state index contributed by atoms with van der Waals surface area (Å²) >= 11 is 0. The van der Waals surface area contributed by atoms with Crippen molar-refractivity contribution >= 4 is 5.78 Å². The van der Waals surface area contributed by atoms with Crippen molar-refractivity contribution < 1.29 is 4.79 Å². The van der Waals surface area contributed by atoms with E-state index in [9.17, 15) is 4.79 Å². The molecule has 98 valence electrons. The van der Waals surface area contributed by atoms with E-state index in [0.717, 1.165) is 38.4 Å². The Morgan fingerprint density at radius 1 is 1.06 bits per heavy atom. The zero-order valence-corrected chi connectivity index (χ0v) is 11.3. The van der Waals surface area contributed by atoms with Crippen molar-refractivity contribution in [1.82, 2.24) is 4.90 Å². The number of hydrogen-bond donors (Lipinski definition) is 0. The van der Waals surface area contributed by atoms with Crippen LogP contribution in [0.15, 0.2) is 0 Å². The van der Waals surface area contributed by atoms with Crippen LogP contribution >= 0.6 is 0 Å². The molecule has 17 heavy (non-hydrogen) atoms. The Kier molecular flexibility index (Phi) is 5.02. The average Bonchev–Trinajstić information content (AvgIpc) is 2.33. The molecule has 0 atom stereocenters. The number of ketones is 1. The minimum atomic E-state index is 0.388. The molecule has 2 fully saturated rings. The molecule has 0 N–H and O–H groups in total. The van der Waals surface area contributed by atoms with Gasteiger partial charge in [0, 0.05) is 12.5 Å². The first-order chi connectivity index (χ1) is 8.29. The highest BCUT2D eigenvalue weighted by Crippen LogP contribution is 2.28. The van der Waals surface area contributed by atoms with E-state index in [4.69, 9.17) is 0 Å². The van der Waals surface area contributed by atoms with E-state index < -0.39 is 0 Å². The maximum Gasteiger partial charge on any atom is 0.149 e. The van der Waals surface area contributed by atoms with Crippen LogP contribution in [-0.4, -0.2) is 30.3 Å². The minimum absolute atomic E-state index is 0.388. The fraction of sp³-hybridized carbons (Fsp3) is 0.933. The van der Waals surface area contributed by atoms with Crippen molar-refractivity contribution in [3.05, 3.63) is 0 Å². The van der Waals surface area contributed by atoms with E-state index in [1.54, 1.807) is 0 Å². The molecule has 0 aromatic rings. The van der Waals surface area contributed by atoms with E-state index in [0.29, 0.717) is 11.7 Å². The van der Waals surface area contributed by atoms with Crippen LogP contribution in [0, 0.1) is 11.8 Å². The molecule has 2 saturated carbocycles. The lowest BCUT2D eigenvalue weighted by molar-refractivity contribution is -0.125. The topological polar surface area (TPSA) is 20.3 Å². The third-order valence-corrected chi connectivity index (χ3v) is 4.63. The molecule has 0 heterocycles. The second kappa shape index (κ2) is 6.53. The van der Waals surface area contributed by atoms with Crippen LogP contribution < -0.4 is 0 Å². The molecule has 0 saturated heterocycles. The van der Waals surface area contributed by atoms with Crippen LogP contribution in [0.1, 0.15) is 58.3 Å². The molecular weight excluding hydrogens is 210 g/mol. The third-order valence-electron chi connectivity index (χ3n) is 4.63. The van der Waals surface area contributed by atoms with E-state index >= 15 is 0 Å². The molecule has 2 aliphatic carbocycles. The highest BCUT2D eigenvalue weighted by atomic mass is 16.1. The molecule has 0 aromatic heterocycles. The van der Waals surface area contributed by atoms with Gasteiger partial charge in [-0.15, -0.1) is 0 Å². The van der Waals surface area contributed by atoms with Gasteiger partial charge in [-0.2, -0.15) is 0 Å². The minimum Gasteiger partial charge on any atom is -0.298 e. The number of carbonyl (C=O) groups is 1. The Morgan fingerprint density at radius 2 is 1.76 bits per heavy atom. The standard InChI is InChI=1S/C15H27NO/c1-2-16(11-13-7-6-8-13)12-15(17)14-9-4-3-5-10-14/h13-14H,2-12H2,1H3. The normalized spacial score (nSPS) is 22.7. The van der Waals surface area contributed by atoms with Gasteiger partial charge >= 0.3 is 0 Å². The van der Waals surface area contributed by atoms with E-state index in [1.807, 2.05) is 0 Å². The molecule has 2 rings (SSSR count). The number of likely N-dealkylation sites (N-methyl/N-ethyl adjacent to an activating group) is 1. The average molecular weight is 237 g/mol. The SMILES string of the molecule is CCN(CC(=O)C1CCCCC1)CC1CCC1. The third kappa shape index (κ3) is 3.80. The summed E-state index contributed by atoms with van der Waals surface area (Å²) in [4.78, 5) is 14.6. The van der Waals surface area contributed by atoms with Crippen LogP contribution in [0.2, 0.25) is 0 Å². The Morgan fingerprint density at radius 3 is 2.29 bits per heavy atom. The second-order valence-corrected chi connectivity index (χ2v) is 5.93. The summed E-state index contributed by atoms with van der Waals surface area (Å²) < 4.78 is 0. The van der Waals surface area contributed by atoms with Crippen molar-refractivity contribution in [1.29, 1.82) is 0 Å². The molecule has 0 aliphatic heterocycles. The van der Waals surface area contributed by atoms with Crippen molar-refractivity contribution in [3.8, 4) is 0 Å². The van der Waals surface area contributed by atoms with Gasteiger partial charge in [0.25, 0.3) is 0 Å². The first kappa shape index (κ1) is 13.1. The fourth-order valence-corrected chi connectivity index (χ4v) is 3.12. The van der Waals surface area contributed by atoms with Gasteiger partial charge in [-0.1, -0.05) is 32.6 Å². The fourth-order valence-electron chi connectivity index (χ4n) is 3.12. The highest BCUT2D eigenvalue weighted by Gasteiger charge is 2.25. The van der Waals surface area contributed by atoms with Gasteiger partial charge in [0.15, 0.2) is 0 Å². The molecule has 0 bridgehead atoms. The van der Waals surface area contributed by atoms with Gasteiger partial charge in [0.2, 0.25) is 0 Å². The summed E-state index contributed by atoms with van der Waals surface area (Å²) in [5, 5.41) is 0. The van der Waals surface area contributed by atoms with Crippen LogP contribution in [0.25, 0.3) is 0 Å². The predicted molar refractivity (Wildman–Crippen MR) is 71.0 cm³/mol. The molecule has 0 unspecified atom stereocenters. The molecule has 0 spiro atoms. The van der Waals surface area contributed by atoms with Crippen LogP contribution in [0.5, 0.6) is 0 Å². The number of hydrogen-bond acceptors (Lipinski definition) is 2. The lowest BCUT2D eigenvalue weighted by Gasteiger charge is -2.32. The zero-order chi connectivity index (χ0) is 12.1. The molecule has 2 aliphatic rings. The summed E-state index contributed by atoms with van der Waals surface area (Å²) in [6, 6.07) is 0. The maximum absolute atomic E-state index is 12.2. The summed E-state index contributed by atoms with van der Waals surface area (Å²) in [6.07, 6.45) is 10.3. The number of nitrogens with zero attached hydrogens (tertiary/aromatic N) is 1. The first-order valence-corrected chi connectivity index (χ1v) is 7.54. The lowest BCUT2D eigenvalue weighted by atomic mass is 9.84. The molecule has 0 radical (unpaired) electrons. The first-order valence-electron chi connectivity index (χ1n) is 7.54. The molecule has 0 amide bonds. The maximum atomic E-state index is 12.2. The van der Waals surface area contributed by atoms with Crippen molar-refractivity contribution in [2.24, 2.45) is 11.8 Å². The lowest BCUT2D eigenvalue weighted by Crippen LogP contribution is -2.38. The molecule has 2 nitrogen and oxygen atoms in total. The van der Waals surface area contributed by atoms with E-state index in [2.05, 4.69) is 11.8 Å². The second-order valence-electron chi connectivity index (χ2n) is 5.93. The summed E-state index contributed by atoms with van der Waals surface area (Å²) in [5.41, 5.74) is 0.